The molecule has 1 saturated heterocycles. The first-order chi connectivity index (χ1) is 17.3. The Balaban J connectivity index is 1.61. The number of piperazine rings is 1. The summed E-state index contributed by atoms with van der Waals surface area (Å²) >= 11 is 4.31. The molecule has 0 spiro atoms. The van der Waals surface area contributed by atoms with E-state index < -0.39 is 33.4 Å². The fourth-order valence-corrected chi connectivity index (χ4v) is 6.74. The zero-order valence-corrected chi connectivity index (χ0v) is 22.0. The molecule has 7 nitrogen and oxygen atoms in total. The van der Waals surface area contributed by atoms with Gasteiger partial charge in [-0.2, -0.15) is 22.7 Å². The Morgan fingerprint density at radius 2 is 1.81 bits per heavy atom. The van der Waals surface area contributed by atoms with Gasteiger partial charge in [0.1, 0.15) is 5.54 Å². The fraction of sp³-hybridized carbons (Fsp3) is 0.480. The second-order valence-electron chi connectivity index (χ2n) is 9.72. The number of rotatable bonds is 7. The van der Waals surface area contributed by atoms with Crippen molar-refractivity contribution >= 4 is 28.3 Å². The zero-order valence-electron chi connectivity index (χ0n) is 20.2. The van der Waals surface area contributed by atoms with Crippen LogP contribution in [0.1, 0.15) is 31.7 Å². The SMILES string of the molecule is CC(O)(c1ccc(N2CCN(S(=O)(=O)c3ccccc3S)C[C@@H]2CNC2(C#N)CCC2)cc1)C(F)(F)F. The first-order valence-electron chi connectivity index (χ1n) is 11.9. The van der Waals surface area contributed by atoms with Crippen LogP contribution in [0.4, 0.5) is 18.9 Å². The number of anilines is 1. The smallest absolute Gasteiger partial charge is 0.376 e. The Bertz CT molecular complexity index is 1270. The molecule has 2 N–H and O–H groups in total. The highest BCUT2D eigenvalue weighted by atomic mass is 32.2. The van der Waals surface area contributed by atoms with E-state index in [0.29, 0.717) is 36.9 Å². The van der Waals surface area contributed by atoms with Crippen molar-refractivity contribution in [2.75, 3.05) is 31.1 Å². The van der Waals surface area contributed by atoms with Gasteiger partial charge in [0.05, 0.1) is 17.0 Å². The van der Waals surface area contributed by atoms with Crippen molar-refractivity contribution in [3.63, 3.8) is 0 Å². The number of nitrogens with one attached hydrogen (secondary N) is 1. The molecular formula is C25H29F3N4O3S2. The Kier molecular flexibility index (Phi) is 7.58. The molecule has 0 amide bonds. The summed E-state index contributed by atoms with van der Waals surface area (Å²) in [6.07, 6.45) is -2.51. The third-order valence-corrected chi connectivity index (χ3v) is 9.80. The monoisotopic (exact) mass is 554 g/mol. The summed E-state index contributed by atoms with van der Waals surface area (Å²) in [5, 5.41) is 22.9. The molecule has 2 aromatic carbocycles. The molecule has 12 heteroatoms. The van der Waals surface area contributed by atoms with E-state index in [0.717, 1.165) is 6.42 Å². The summed E-state index contributed by atoms with van der Waals surface area (Å²) < 4.78 is 68.1. The fourth-order valence-electron chi connectivity index (χ4n) is 4.69. The molecular weight excluding hydrogens is 525 g/mol. The van der Waals surface area contributed by atoms with Gasteiger partial charge in [0.2, 0.25) is 10.0 Å². The number of halogens is 3. The molecule has 0 aromatic heterocycles. The maximum absolute atomic E-state index is 13.4. The maximum Gasteiger partial charge on any atom is 0.421 e. The summed E-state index contributed by atoms with van der Waals surface area (Å²) in [4.78, 5) is 2.37. The molecule has 37 heavy (non-hydrogen) atoms. The number of alkyl halides is 3. The van der Waals surface area contributed by atoms with Crippen molar-refractivity contribution in [3.8, 4) is 6.07 Å². The molecule has 2 aliphatic rings. The lowest BCUT2D eigenvalue weighted by Crippen LogP contribution is -2.61. The summed E-state index contributed by atoms with van der Waals surface area (Å²) in [7, 11) is -3.85. The van der Waals surface area contributed by atoms with Gasteiger partial charge in [0.25, 0.3) is 0 Å². The number of hydrogen-bond donors (Lipinski definition) is 3. The summed E-state index contributed by atoms with van der Waals surface area (Å²) in [6.45, 7) is 1.57. The van der Waals surface area contributed by atoms with Crippen LogP contribution in [-0.2, 0) is 15.6 Å². The first kappa shape index (κ1) is 27.7. The van der Waals surface area contributed by atoms with Gasteiger partial charge in [-0.05, 0) is 56.0 Å². The molecule has 2 fully saturated rings. The highest BCUT2D eigenvalue weighted by Gasteiger charge is 2.51. The molecule has 0 radical (unpaired) electrons. The molecule has 1 saturated carbocycles. The van der Waals surface area contributed by atoms with Crippen molar-refractivity contribution in [3.05, 3.63) is 54.1 Å². The second-order valence-corrected chi connectivity index (χ2v) is 12.1. The van der Waals surface area contributed by atoms with E-state index in [-0.39, 0.29) is 30.1 Å². The van der Waals surface area contributed by atoms with E-state index in [1.165, 1.54) is 34.6 Å². The average molecular weight is 555 g/mol. The minimum absolute atomic E-state index is 0.102. The lowest BCUT2D eigenvalue weighted by molar-refractivity contribution is -0.258. The summed E-state index contributed by atoms with van der Waals surface area (Å²) in [5.41, 5.74) is -3.34. The van der Waals surface area contributed by atoms with Crippen LogP contribution in [0.2, 0.25) is 0 Å². The van der Waals surface area contributed by atoms with E-state index in [4.69, 9.17) is 0 Å². The lowest BCUT2D eigenvalue weighted by Gasteiger charge is -2.45. The van der Waals surface area contributed by atoms with Gasteiger partial charge in [-0.3, -0.25) is 5.32 Å². The summed E-state index contributed by atoms with van der Waals surface area (Å²) in [5.74, 6) is 0. The van der Waals surface area contributed by atoms with Crippen LogP contribution in [0.15, 0.2) is 58.3 Å². The number of nitrogens with zero attached hydrogens (tertiary/aromatic N) is 3. The van der Waals surface area contributed by atoms with Gasteiger partial charge < -0.3 is 10.0 Å². The number of hydrogen-bond acceptors (Lipinski definition) is 7. The highest BCUT2D eigenvalue weighted by Crippen LogP contribution is 2.39. The van der Waals surface area contributed by atoms with E-state index >= 15 is 0 Å². The van der Waals surface area contributed by atoms with Crippen LogP contribution in [0.3, 0.4) is 0 Å². The third kappa shape index (κ3) is 5.33. The van der Waals surface area contributed by atoms with Crippen molar-refractivity contribution in [1.82, 2.24) is 9.62 Å². The van der Waals surface area contributed by atoms with Gasteiger partial charge in [0.15, 0.2) is 5.60 Å². The van der Waals surface area contributed by atoms with Crippen molar-refractivity contribution in [1.29, 1.82) is 5.26 Å². The predicted molar refractivity (Wildman–Crippen MR) is 136 cm³/mol. The molecule has 4 rings (SSSR count). The molecule has 200 valence electrons. The minimum Gasteiger partial charge on any atom is -0.376 e. The predicted octanol–water partition coefficient (Wildman–Crippen LogP) is 3.66. The van der Waals surface area contributed by atoms with Crippen LogP contribution in [0.5, 0.6) is 0 Å². The van der Waals surface area contributed by atoms with E-state index in [9.17, 15) is 32.0 Å². The number of sulfonamides is 1. The van der Waals surface area contributed by atoms with Gasteiger partial charge in [0, 0.05) is 36.8 Å². The topological polar surface area (TPSA) is 96.7 Å². The molecule has 2 atom stereocenters. The molecule has 1 aliphatic carbocycles. The van der Waals surface area contributed by atoms with Crippen molar-refractivity contribution < 1.29 is 26.7 Å². The van der Waals surface area contributed by atoms with Crippen LogP contribution >= 0.6 is 12.6 Å². The Hall–Kier alpha value is -2.30. The standard InChI is InChI=1S/C25H29F3N4O3S2/c1-23(33,25(26,27)28)18-7-9-19(10-8-18)32-14-13-31(37(34,35)22-6-3-2-5-21(22)36)16-20(32)15-30-24(17-29)11-4-12-24/h2-3,5-10,20,30,33,36H,4,11-16H2,1H3/t20-,23?/m0/s1. The van der Waals surface area contributed by atoms with E-state index in [2.05, 4.69) is 24.0 Å². The number of benzene rings is 2. The van der Waals surface area contributed by atoms with Gasteiger partial charge >= 0.3 is 6.18 Å². The lowest BCUT2D eigenvalue weighted by atomic mass is 9.78. The second kappa shape index (κ2) is 10.1. The molecule has 2 aromatic rings. The van der Waals surface area contributed by atoms with Crippen molar-refractivity contribution in [2.45, 2.75) is 59.3 Å². The number of nitriles is 1. The van der Waals surface area contributed by atoms with Crippen LogP contribution < -0.4 is 10.2 Å². The molecule has 1 aliphatic heterocycles. The Labute approximate surface area is 220 Å². The Morgan fingerprint density at radius 3 is 2.35 bits per heavy atom. The summed E-state index contributed by atoms with van der Waals surface area (Å²) in [6, 6.07) is 13.8. The number of aliphatic hydroxyl groups is 1. The quantitative estimate of drug-likeness (QED) is 0.452. The van der Waals surface area contributed by atoms with Gasteiger partial charge in [-0.1, -0.05) is 24.3 Å². The normalized spacial score (nSPS) is 22.1. The molecule has 0 bridgehead atoms. The maximum atomic E-state index is 13.4. The largest absolute Gasteiger partial charge is 0.421 e. The third-order valence-electron chi connectivity index (χ3n) is 7.34. The van der Waals surface area contributed by atoms with Crippen LogP contribution in [-0.4, -0.2) is 61.8 Å². The molecule has 1 unspecified atom stereocenters. The molecule has 1 heterocycles. The zero-order chi connectivity index (χ0) is 27.1. The van der Waals surface area contributed by atoms with Crippen molar-refractivity contribution in [2.24, 2.45) is 0 Å². The highest BCUT2D eigenvalue weighted by molar-refractivity contribution is 7.90. The number of thiol groups is 1. The van der Waals surface area contributed by atoms with E-state index in [1.54, 1.807) is 18.2 Å². The first-order valence-corrected chi connectivity index (χ1v) is 13.8. The van der Waals surface area contributed by atoms with Gasteiger partial charge in [-0.15, -0.1) is 12.6 Å². The van der Waals surface area contributed by atoms with E-state index in [1.807, 2.05) is 4.90 Å². The van der Waals surface area contributed by atoms with Crippen LogP contribution in [0, 0.1) is 11.3 Å². The average Bonchev–Trinajstić information content (AvgIpc) is 2.83. The van der Waals surface area contributed by atoms with Gasteiger partial charge in [-0.25, -0.2) is 8.42 Å². The minimum atomic E-state index is -4.83. The van der Waals surface area contributed by atoms with Crippen LogP contribution in [0.25, 0.3) is 0 Å². The Morgan fingerprint density at radius 1 is 1.16 bits per heavy atom.